The van der Waals surface area contributed by atoms with E-state index < -0.39 is 5.60 Å². The maximum Gasteiger partial charge on any atom is 0.105 e. The number of benzene rings is 1. The molecule has 2 aromatic rings. The Kier molecular flexibility index (Phi) is 3.40. The summed E-state index contributed by atoms with van der Waals surface area (Å²) >= 11 is 0. The van der Waals surface area contributed by atoms with Crippen LogP contribution in [0.4, 0.5) is 0 Å². The standard InChI is InChI=1S/C16H19NO2/c18-16(15-7-10-19-12-15)8-4-9-17(13-16)11-14-5-2-1-3-6-14/h1-3,5-7,10,12,18H,4,8-9,11,13H2. The van der Waals surface area contributed by atoms with E-state index >= 15 is 0 Å². The van der Waals surface area contributed by atoms with Gasteiger partial charge in [-0.3, -0.25) is 4.90 Å². The molecule has 1 aliphatic rings. The Bertz CT molecular complexity index is 509. The lowest BCUT2D eigenvalue weighted by Crippen LogP contribution is -2.45. The summed E-state index contributed by atoms with van der Waals surface area (Å²) < 4.78 is 5.11. The van der Waals surface area contributed by atoms with Gasteiger partial charge in [0.2, 0.25) is 0 Å². The Balaban J connectivity index is 1.72. The van der Waals surface area contributed by atoms with E-state index in [1.54, 1.807) is 12.5 Å². The molecule has 1 aliphatic heterocycles. The van der Waals surface area contributed by atoms with Gasteiger partial charge in [-0.15, -0.1) is 0 Å². The molecule has 0 saturated carbocycles. The van der Waals surface area contributed by atoms with Gasteiger partial charge in [-0.05, 0) is 31.0 Å². The second-order valence-electron chi connectivity index (χ2n) is 5.34. The molecule has 0 aliphatic carbocycles. The molecule has 1 aromatic heterocycles. The van der Waals surface area contributed by atoms with Crippen molar-refractivity contribution in [3.8, 4) is 0 Å². The van der Waals surface area contributed by atoms with Crippen molar-refractivity contribution in [2.45, 2.75) is 25.0 Å². The number of likely N-dealkylation sites (tertiary alicyclic amines) is 1. The summed E-state index contributed by atoms with van der Waals surface area (Å²) in [6.07, 6.45) is 5.10. The molecule has 1 aromatic carbocycles. The first-order chi connectivity index (χ1) is 9.26. The van der Waals surface area contributed by atoms with Crippen LogP contribution in [0.5, 0.6) is 0 Å². The van der Waals surface area contributed by atoms with Crippen molar-refractivity contribution in [3.05, 3.63) is 60.1 Å². The largest absolute Gasteiger partial charge is 0.472 e. The minimum Gasteiger partial charge on any atom is -0.472 e. The quantitative estimate of drug-likeness (QED) is 0.918. The van der Waals surface area contributed by atoms with Crippen molar-refractivity contribution in [3.63, 3.8) is 0 Å². The van der Waals surface area contributed by atoms with Crippen molar-refractivity contribution in [1.82, 2.24) is 4.90 Å². The van der Waals surface area contributed by atoms with Gasteiger partial charge in [0.1, 0.15) is 5.60 Å². The normalized spacial score (nSPS) is 24.5. The number of aliphatic hydroxyl groups is 1. The smallest absolute Gasteiger partial charge is 0.105 e. The molecule has 1 fully saturated rings. The van der Waals surface area contributed by atoms with Gasteiger partial charge in [-0.1, -0.05) is 30.3 Å². The fourth-order valence-corrected chi connectivity index (χ4v) is 2.86. The lowest BCUT2D eigenvalue weighted by atomic mass is 9.87. The van der Waals surface area contributed by atoms with Crippen molar-refractivity contribution >= 4 is 0 Å². The summed E-state index contributed by atoms with van der Waals surface area (Å²) in [6, 6.07) is 12.3. The lowest BCUT2D eigenvalue weighted by Gasteiger charge is -2.38. The highest BCUT2D eigenvalue weighted by Gasteiger charge is 2.35. The maximum absolute atomic E-state index is 10.8. The highest BCUT2D eigenvalue weighted by atomic mass is 16.3. The highest BCUT2D eigenvalue weighted by molar-refractivity contribution is 5.19. The van der Waals surface area contributed by atoms with E-state index in [2.05, 4.69) is 29.2 Å². The van der Waals surface area contributed by atoms with Crippen LogP contribution in [0.2, 0.25) is 0 Å². The van der Waals surface area contributed by atoms with Crippen LogP contribution in [0.1, 0.15) is 24.0 Å². The fraction of sp³-hybridized carbons (Fsp3) is 0.375. The summed E-state index contributed by atoms with van der Waals surface area (Å²) in [4.78, 5) is 2.31. The molecule has 0 bridgehead atoms. The van der Waals surface area contributed by atoms with Crippen LogP contribution >= 0.6 is 0 Å². The predicted octanol–water partition coefficient (Wildman–Crippen LogP) is 2.76. The highest BCUT2D eigenvalue weighted by Crippen LogP contribution is 2.32. The van der Waals surface area contributed by atoms with Crippen molar-refractivity contribution in [1.29, 1.82) is 0 Å². The summed E-state index contributed by atoms with van der Waals surface area (Å²) in [7, 11) is 0. The Morgan fingerprint density at radius 3 is 2.79 bits per heavy atom. The molecule has 0 spiro atoms. The second-order valence-corrected chi connectivity index (χ2v) is 5.34. The maximum atomic E-state index is 10.8. The summed E-state index contributed by atoms with van der Waals surface area (Å²) in [5, 5.41) is 10.8. The number of piperidine rings is 1. The molecule has 3 nitrogen and oxygen atoms in total. The van der Waals surface area contributed by atoms with Gasteiger partial charge in [0.25, 0.3) is 0 Å². The van der Waals surface area contributed by atoms with E-state index in [4.69, 9.17) is 4.42 Å². The van der Waals surface area contributed by atoms with E-state index in [0.29, 0.717) is 6.54 Å². The molecule has 2 heterocycles. The van der Waals surface area contributed by atoms with Gasteiger partial charge >= 0.3 is 0 Å². The van der Waals surface area contributed by atoms with Gasteiger partial charge in [0.05, 0.1) is 12.5 Å². The van der Waals surface area contributed by atoms with Gasteiger partial charge in [0.15, 0.2) is 0 Å². The van der Waals surface area contributed by atoms with Gasteiger partial charge in [0, 0.05) is 18.7 Å². The molecule has 0 amide bonds. The van der Waals surface area contributed by atoms with Gasteiger partial charge < -0.3 is 9.52 Å². The zero-order chi connectivity index (χ0) is 13.1. The van der Waals surface area contributed by atoms with E-state index in [1.165, 1.54) is 5.56 Å². The molecule has 1 N–H and O–H groups in total. The average molecular weight is 257 g/mol. The third kappa shape index (κ3) is 2.72. The van der Waals surface area contributed by atoms with E-state index in [-0.39, 0.29) is 0 Å². The topological polar surface area (TPSA) is 36.6 Å². The van der Waals surface area contributed by atoms with Gasteiger partial charge in [-0.25, -0.2) is 0 Å². The Morgan fingerprint density at radius 2 is 2.05 bits per heavy atom. The van der Waals surface area contributed by atoms with Crippen LogP contribution in [0.15, 0.2) is 53.3 Å². The molecule has 3 rings (SSSR count). The number of rotatable bonds is 3. The third-order valence-corrected chi connectivity index (χ3v) is 3.86. The van der Waals surface area contributed by atoms with Crippen LogP contribution in [-0.2, 0) is 12.1 Å². The number of hydrogen-bond acceptors (Lipinski definition) is 3. The first-order valence-electron chi connectivity index (χ1n) is 6.78. The Labute approximate surface area is 113 Å². The molecule has 0 radical (unpaired) electrons. The Morgan fingerprint density at radius 1 is 1.21 bits per heavy atom. The molecular formula is C16H19NO2. The molecular weight excluding hydrogens is 238 g/mol. The minimum atomic E-state index is -0.764. The van der Waals surface area contributed by atoms with Gasteiger partial charge in [-0.2, -0.15) is 0 Å². The Hall–Kier alpha value is -1.58. The van der Waals surface area contributed by atoms with E-state index in [0.717, 1.165) is 31.5 Å². The molecule has 100 valence electrons. The zero-order valence-corrected chi connectivity index (χ0v) is 11.0. The number of hydrogen-bond donors (Lipinski definition) is 1. The summed E-state index contributed by atoms with van der Waals surface area (Å²) in [5.41, 5.74) is 1.42. The van der Waals surface area contributed by atoms with Crippen molar-refractivity contribution in [2.75, 3.05) is 13.1 Å². The number of furan rings is 1. The van der Waals surface area contributed by atoms with Crippen molar-refractivity contribution in [2.24, 2.45) is 0 Å². The van der Waals surface area contributed by atoms with Crippen LogP contribution < -0.4 is 0 Å². The fourth-order valence-electron chi connectivity index (χ4n) is 2.86. The third-order valence-electron chi connectivity index (χ3n) is 3.86. The number of β-amino-alcohol motifs (C(OH)–C–C–N with tert-alkyl or cyclic N) is 1. The molecule has 1 saturated heterocycles. The van der Waals surface area contributed by atoms with Crippen LogP contribution in [-0.4, -0.2) is 23.1 Å². The molecule has 1 unspecified atom stereocenters. The van der Waals surface area contributed by atoms with E-state index in [9.17, 15) is 5.11 Å². The molecule has 3 heteroatoms. The van der Waals surface area contributed by atoms with Crippen LogP contribution in [0.3, 0.4) is 0 Å². The predicted molar refractivity (Wildman–Crippen MR) is 73.6 cm³/mol. The van der Waals surface area contributed by atoms with Crippen molar-refractivity contribution < 1.29 is 9.52 Å². The van der Waals surface area contributed by atoms with Crippen LogP contribution in [0.25, 0.3) is 0 Å². The van der Waals surface area contributed by atoms with Crippen LogP contribution in [0, 0.1) is 0 Å². The molecule has 19 heavy (non-hydrogen) atoms. The SMILES string of the molecule is OC1(c2ccoc2)CCCN(Cc2ccccc2)C1. The second kappa shape index (κ2) is 5.19. The monoisotopic (exact) mass is 257 g/mol. The minimum absolute atomic E-state index is 0.668. The summed E-state index contributed by atoms with van der Waals surface area (Å²) in [6.45, 7) is 2.59. The first kappa shape index (κ1) is 12.5. The number of nitrogens with zero attached hydrogens (tertiary/aromatic N) is 1. The lowest BCUT2D eigenvalue weighted by molar-refractivity contribution is -0.0385. The van der Waals surface area contributed by atoms with E-state index in [1.807, 2.05) is 12.1 Å². The summed E-state index contributed by atoms with van der Waals surface area (Å²) in [5.74, 6) is 0. The zero-order valence-electron chi connectivity index (χ0n) is 11.0. The molecule has 1 atom stereocenters. The first-order valence-corrected chi connectivity index (χ1v) is 6.78. The average Bonchev–Trinajstić information content (AvgIpc) is 2.95.